The van der Waals surface area contributed by atoms with Crippen molar-refractivity contribution in [3.63, 3.8) is 0 Å². The Morgan fingerprint density at radius 1 is 1.35 bits per heavy atom. The molecular formula is C15H23N3O5. The lowest BCUT2D eigenvalue weighted by atomic mass is 9.98. The van der Waals surface area contributed by atoms with E-state index < -0.39 is 24.5 Å². The number of hydrogen-bond acceptors (Lipinski definition) is 7. The summed E-state index contributed by atoms with van der Waals surface area (Å²) in [6.45, 7) is 1.45. The fourth-order valence-corrected chi connectivity index (χ4v) is 2.47. The summed E-state index contributed by atoms with van der Waals surface area (Å²) >= 11 is 0. The van der Waals surface area contributed by atoms with Crippen LogP contribution < -0.4 is 5.73 Å². The molecule has 1 aliphatic carbocycles. The van der Waals surface area contributed by atoms with Gasteiger partial charge < -0.3 is 24.9 Å². The Bertz CT molecular complexity index is 499. The maximum absolute atomic E-state index is 11.8. The topological polar surface area (TPSA) is 117 Å². The monoisotopic (exact) mass is 325 g/mol. The van der Waals surface area contributed by atoms with Gasteiger partial charge in [-0.3, -0.25) is 4.79 Å². The number of rotatable bonds is 6. The highest BCUT2D eigenvalue weighted by atomic mass is 16.8. The van der Waals surface area contributed by atoms with E-state index in [9.17, 15) is 9.59 Å². The second-order valence-corrected chi connectivity index (χ2v) is 5.64. The van der Waals surface area contributed by atoms with E-state index in [-0.39, 0.29) is 12.5 Å². The summed E-state index contributed by atoms with van der Waals surface area (Å²) in [6.07, 6.45) is 6.31. The van der Waals surface area contributed by atoms with Gasteiger partial charge in [-0.1, -0.05) is 6.42 Å². The van der Waals surface area contributed by atoms with E-state index in [0.717, 1.165) is 37.8 Å². The normalized spacial score (nSPS) is 18.0. The highest BCUT2D eigenvalue weighted by molar-refractivity contribution is 5.76. The SMILES string of the molecule is CC(OC(=O)OC1CCCCC1)OC(=O)[C@@H](N)Cc1cnc[nH]1. The molecule has 3 N–H and O–H groups in total. The van der Waals surface area contributed by atoms with Crippen LogP contribution in [0.5, 0.6) is 0 Å². The molecule has 2 atom stereocenters. The molecule has 0 saturated heterocycles. The van der Waals surface area contributed by atoms with Crippen molar-refractivity contribution in [2.45, 2.75) is 63.9 Å². The van der Waals surface area contributed by atoms with Gasteiger partial charge in [0.2, 0.25) is 6.29 Å². The Morgan fingerprint density at radius 3 is 2.74 bits per heavy atom. The van der Waals surface area contributed by atoms with E-state index >= 15 is 0 Å². The van der Waals surface area contributed by atoms with Crippen LogP contribution in [0.2, 0.25) is 0 Å². The first kappa shape index (κ1) is 17.3. The molecule has 0 aliphatic heterocycles. The number of nitrogens with zero attached hydrogens (tertiary/aromatic N) is 1. The first-order chi connectivity index (χ1) is 11.0. The van der Waals surface area contributed by atoms with E-state index in [2.05, 4.69) is 9.97 Å². The molecular weight excluding hydrogens is 302 g/mol. The van der Waals surface area contributed by atoms with Gasteiger partial charge in [-0.25, -0.2) is 9.78 Å². The Balaban J connectivity index is 1.69. The molecule has 0 radical (unpaired) electrons. The van der Waals surface area contributed by atoms with Gasteiger partial charge in [-0.05, 0) is 25.7 Å². The first-order valence-electron chi connectivity index (χ1n) is 7.85. The molecule has 1 saturated carbocycles. The molecule has 8 nitrogen and oxygen atoms in total. The van der Waals surface area contributed by atoms with Crippen LogP contribution in [0.3, 0.4) is 0 Å². The number of carbonyl (C=O) groups is 2. The number of H-pyrrole nitrogens is 1. The second kappa shape index (κ2) is 8.52. The third-order valence-corrected chi connectivity index (χ3v) is 3.66. The molecule has 8 heteroatoms. The van der Waals surface area contributed by atoms with Gasteiger partial charge in [0.05, 0.1) is 6.33 Å². The van der Waals surface area contributed by atoms with Gasteiger partial charge in [-0.2, -0.15) is 0 Å². The first-order valence-corrected chi connectivity index (χ1v) is 7.85. The zero-order valence-corrected chi connectivity index (χ0v) is 13.2. The molecule has 2 rings (SSSR count). The van der Waals surface area contributed by atoms with Crippen LogP contribution >= 0.6 is 0 Å². The van der Waals surface area contributed by atoms with Crippen LogP contribution in [-0.2, 0) is 25.4 Å². The highest BCUT2D eigenvalue weighted by Crippen LogP contribution is 2.20. The van der Waals surface area contributed by atoms with Gasteiger partial charge in [0.1, 0.15) is 12.1 Å². The van der Waals surface area contributed by atoms with Gasteiger partial charge in [0.15, 0.2) is 0 Å². The summed E-state index contributed by atoms with van der Waals surface area (Å²) in [5, 5.41) is 0. The Labute approximate surface area is 134 Å². The minimum atomic E-state index is -1.05. The van der Waals surface area contributed by atoms with Crippen molar-refractivity contribution in [1.29, 1.82) is 0 Å². The second-order valence-electron chi connectivity index (χ2n) is 5.64. The van der Waals surface area contributed by atoms with Crippen LogP contribution in [0.4, 0.5) is 4.79 Å². The Hall–Kier alpha value is -2.09. The summed E-state index contributed by atoms with van der Waals surface area (Å²) in [6, 6.07) is -0.865. The molecule has 0 spiro atoms. The molecule has 0 aromatic carbocycles. The van der Waals surface area contributed by atoms with Crippen molar-refractivity contribution in [2.24, 2.45) is 5.73 Å². The van der Waals surface area contributed by atoms with Crippen LogP contribution in [0.15, 0.2) is 12.5 Å². The van der Waals surface area contributed by atoms with Gasteiger partial charge in [0.25, 0.3) is 0 Å². The van der Waals surface area contributed by atoms with Crippen molar-refractivity contribution in [2.75, 3.05) is 0 Å². The van der Waals surface area contributed by atoms with E-state index in [0.29, 0.717) is 0 Å². The van der Waals surface area contributed by atoms with Crippen molar-refractivity contribution < 1.29 is 23.8 Å². The van der Waals surface area contributed by atoms with Crippen LogP contribution in [0.1, 0.15) is 44.7 Å². The molecule has 23 heavy (non-hydrogen) atoms. The molecule has 128 valence electrons. The average molecular weight is 325 g/mol. The highest BCUT2D eigenvalue weighted by Gasteiger charge is 2.23. The lowest BCUT2D eigenvalue weighted by molar-refractivity contribution is -0.170. The van der Waals surface area contributed by atoms with Crippen LogP contribution in [0.25, 0.3) is 0 Å². The van der Waals surface area contributed by atoms with Crippen LogP contribution in [0, 0.1) is 0 Å². The summed E-state index contributed by atoms with van der Waals surface area (Å²) in [7, 11) is 0. The number of carbonyl (C=O) groups excluding carboxylic acids is 2. The Morgan fingerprint density at radius 2 is 2.09 bits per heavy atom. The van der Waals surface area contributed by atoms with Crippen molar-refractivity contribution in [3.8, 4) is 0 Å². The maximum Gasteiger partial charge on any atom is 0.511 e. The fraction of sp³-hybridized carbons (Fsp3) is 0.667. The Kier molecular flexibility index (Phi) is 6.40. The minimum absolute atomic E-state index is 0.109. The van der Waals surface area contributed by atoms with Gasteiger partial charge in [0, 0.05) is 25.2 Å². The summed E-state index contributed by atoms with van der Waals surface area (Å²) < 4.78 is 15.1. The van der Waals surface area contributed by atoms with E-state index in [4.69, 9.17) is 19.9 Å². The standard InChI is InChI=1S/C15H23N3O5/c1-10(22-15(20)23-12-5-3-2-4-6-12)21-14(19)13(16)7-11-8-17-9-18-11/h8-10,12-13H,2-7,16H2,1H3,(H,17,18)/t10?,13-/m0/s1. The summed E-state index contributed by atoms with van der Waals surface area (Å²) in [5.74, 6) is -0.655. The quantitative estimate of drug-likeness (QED) is 0.603. The van der Waals surface area contributed by atoms with E-state index in [1.54, 1.807) is 6.20 Å². The maximum atomic E-state index is 11.8. The number of esters is 1. The largest absolute Gasteiger partial charge is 0.511 e. The number of hydrogen-bond donors (Lipinski definition) is 2. The predicted molar refractivity (Wildman–Crippen MR) is 80.3 cm³/mol. The number of imidazole rings is 1. The molecule has 1 unspecified atom stereocenters. The number of nitrogens with two attached hydrogens (primary N) is 1. The molecule has 0 bridgehead atoms. The van der Waals surface area contributed by atoms with Crippen molar-refractivity contribution in [1.82, 2.24) is 9.97 Å². The molecule has 1 aliphatic rings. The summed E-state index contributed by atoms with van der Waals surface area (Å²) in [5.41, 5.74) is 6.46. The molecule has 0 amide bonds. The van der Waals surface area contributed by atoms with Gasteiger partial charge in [-0.15, -0.1) is 0 Å². The fourth-order valence-electron chi connectivity index (χ4n) is 2.47. The number of aromatic amines is 1. The minimum Gasteiger partial charge on any atom is -0.431 e. The molecule has 1 aromatic rings. The number of ether oxygens (including phenoxy) is 3. The summed E-state index contributed by atoms with van der Waals surface area (Å²) in [4.78, 5) is 30.2. The zero-order valence-electron chi connectivity index (χ0n) is 13.2. The number of aromatic nitrogens is 2. The third-order valence-electron chi connectivity index (χ3n) is 3.66. The van der Waals surface area contributed by atoms with Crippen molar-refractivity contribution in [3.05, 3.63) is 18.2 Å². The molecule has 1 heterocycles. The molecule has 1 aromatic heterocycles. The van der Waals surface area contributed by atoms with Crippen LogP contribution in [-0.4, -0.2) is 40.5 Å². The molecule has 1 fully saturated rings. The van der Waals surface area contributed by atoms with Crippen molar-refractivity contribution >= 4 is 12.1 Å². The number of nitrogens with one attached hydrogen (secondary N) is 1. The van der Waals surface area contributed by atoms with E-state index in [1.165, 1.54) is 13.3 Å². The smallest absolute Gasteiger partial charge is 0.431 e. The lowest BCUT2D eigenvalue weighted by Gasteiger charge is -2.22. The third kappa shape index (κ3) is 5.90. The van der Waals surface area contributed by atoms with Gasteiger partial charge >= 0.3 is 12.1 Å². The predicted octanol–water partition coefficient (Wildman–Crippen LogP) is 1.65. The average Bonchev–Trinajstić information content (AvgIpc) is 3.00. The lowest BCUT2D eigenvalue weighted by Crippen LogP contribution is -2.37. The zero-order chi connectivity index (χ0) is 16.7. The van der Waals surface area contributed by atoms with E-state index in [1.807, 2.05) is 0 Å².